The van der Waals surface area contributed by atoms with Crippen molar-refractivity contribution in [3.05, 3.63) is 23.8 Å². The molecule has 2 N–H and O–H groups in total. The molecule has 0 saturated heterocycles. The molecule has 94 valence electrons. The van der Waals surface area contributed by atoms with Gasteiger partial charge in [-0.25, -0.2) is 0 Å². The fourth-order valence-corrected chi connectivity index (χ4v) is 1.99. The largest absolute Gasteiger partial charge is 0.446 e. The van der Waals surface area contributed by atoms with Crippen LogP contribution in [0.5, 0.6) is 0 Å². The Labute approximate surface area is 105 Å². The van der Waals surface area contributed by atoms with Crippen molar-refractivity contribution in [1.29, 1.82) is 0 Å². The van der Waals surface area contributed by atoms with E-state index in [1.165, 1.54) is 19.1 Å². The van der Waals surface area contributed by atoms with Crippen molar-refractivity contribution in [2.45, 2.75) is 22.7 Å². The Hall–Kier alpha value is -0.880. The van der Waals surface area contributed by atoms with Gasteiger partial charge in [0.15, 0.2) is 5.78 Å². The van der Waals surface area contributed by atoms with Crippen LogP contribution < -0.4 is 5.73 Å². The fourth-order valence-electron chi connectivity index (χ4n) is 1.20. The highest BCUT2D eigenvalue weighted by atomic mass is 35.5. The number of hydrogen-bond donors (Lipinski definition) is 1. The van der Waals surface area contributed by atoms with E-state index in [0.29, 0.717) is 5.56 Å². The van der Waals surface area contributed by atoms with E-state index >= 15 is 0 Å². The number of Topliss-reactive ketones (excluding diaryl/α,β-unsaturated/α-hetero) is 1. The van der Waals surface area contributed by atoms with Gasteiger partial charge in [0, 0.05) is 16.1 Å². The maximum absolute atomic E-state index is 12.1. The van der Waals surface area contributed by atoms with Crippen LogP contribution in [-0.2, 0) is 4.79 Å². The van der Waals surface area contributed by atoms with E-state index in [2.05, 4.69) is 0 Å². The second-order valence-electron chi connectivity index (χ2n) is 3.31. The number of carbonyl (C=O) groups excluding carboxylic acids is 1. The van der Waals surface area contributed by atoms with Gasteiger partial charge in [-0.15, -0.1) is 11.6 Å². The van der Waals surface area contributed by atoms with Gasteiger partial charge in [0.25, 0.3) is 0 Å². The summed E-state index contributed by atoms with van der Waals surface area (Å²) in [6.45, 7) is 1.29. The number of carbonyl (C=O) groups is 1. The first kappa shape index (κ1) is 14.2. The number of rotatable bonds is 3. The first-order valence-corrected chi connectivity index (χ1v) is 5.75. The van der Waals surface area contributed by atoms with Crippen LogP contribution in [0.25, 0.3) is 0 Å². The van der Waals surface area contributed by atoms with Crippen LogP contribution in [0.2, 0.25) is 0 Å². The van der Waals surface area contributed by atoms with E-state index in [1.54, 1.807) is 0 Å². The van der Waals surface area contributed by atoms with Crippen molar-refractivity contribution in [2.24, 2.45) is 0 Å². The first-order valence-electron chi connectivity index (χ1n) is 4.50. The standard InChI is InChI=1S/C10H9ClF3NOS/c1-5(16)9(11)7-3-2-6(4-8(7)15)17-10(12,13)14/h2-4,9H,15H2,1H3. The molecule has 0 aliphatic heterocycles. The Bertz CT molecular complexity index is 436. The van der Waals surface area contributed by atoms with E-state index in [9.17, 15) is 18.0 Å². The molecule has 0 spiro atoms. The van der Waals surface area contributed by atoms with Gasteiger partial charge in [0.2, 0.25) is 0 Å². The summed E-state index contributed by atoms with van der Waals surface area (Å²) in [6.07, 6.45) is 0. The Kier molecular flexibility index (Phi) is 4.32. The van der Waals surface area contributed by atoms with E-state index < -0.39 is 10.9 Å². The van der Waals surface area contributed by atoms with Crippen LogP contribution in [0, 0.1) is 0 Å². The first-order chi connectivity index (χ1) is 7.70. The summed E-state index contributed by atoms with van der Waals surface area (Å²) < 4.78 is 36.3. The maximum Gasteiger partial charge on any atom is 0.446 e. The number of nitrogens with two attached hydrogens (primary N) is 1. The van der Waals surface area contributed by atoms with Crippen LogP contribution in [0.3, 0.4) is 0 Å². The van der Waals surface area contributed by atoms with Gasteiger partial charge in [0.1, 0.15) is 5.38 Å². The number of nitrogen functional groups attached to an aromatic ring is 1. The summed E-state index contributed by atoms with van der Waals surface area (Å²) in [5, 5.41) is -0.931. The summed E-state index contributed by atoms with van der Waals surface area (Å²) in [4.78, 5) is 11.0. The molecule has 1 aromatic rings. The second kappa shape index (κ2) is 5.18. The fraction of sp³-hybridized carbons (Fsp3) is 0.300. The molecule has 1 atom stereocenters. The number of benzene rings is 1. The number of alkyl halides is 4. The zero-order valence-electron chi connectivity index (χ0n) is 8.72. The van der Waals surface area contributed by atoms with Gasteiger partial charge < -0.3 is 5.73 Å². The van der Waals surface area contributed by atoms with Crippen molar-refractivity contribution >= 4 is 34.8 Å². The van der Waals surface area contributed by atoms with E-state index in [-0.39, 0.29) is 28.1 Å². The van der Waals surface area contributed by atoms with Crippen LogP contribution in [0.15, 0.2) is 23.1 Å². The summed E-state index contributed by atoms with van der Waals surface area (Å²) in [7, 11) is 0. The van der Waals surface area contributed by atoms with Crippen LogP contribution in [0.4, 0.5) is 18.9 Å². The maximum atomic E-state index is 12.1. The monoisotopic (exact) mass is 283 g/mol. The molecule has 0 bridgehead atoms. The molecule has 2 nitrogen and oxygen atoms in total. The Balaban J connectivity index is 2.98. The molecule has 0 amide bonds. The van der Waals surface area contributed by atoms with Crippen molar-refractivity contribution in [3.8, 4) is 0 Å². The molecule has 0 aliphatic carbocycles. The minimum atomic E-state index is -4.37. The molecular formula is C10H9ClF3NOS. The van der Waals surface area contributed by atoms with E-state index in [0.717, 1.165) is 6.07 Å². The van der Waals surface area contributed by atoms with Gasteiger partial charge in [0.05, 0.1) is 0 Å². The van der Waals surface area contributed by atoms with E-state index in [1.807, 2.05) is 0 Å². The number of thioether (sulfide) groups is 1. The predicted molar refractivity (Wildman–Crippen MR) is 62.0 cm³/mol. The van der Waals surface area contributed by atoms with Gasteiger partial charge in [-0.1, -0.05) is 6.07 Å². The number of anilines is 1. The SMILES string of the molecule is CC(=O)C(Cl)c1ccc(SC(F)(F)F)cc1N. The molecule has 17 heavy (non-hydrogen) atoms. The van der Waals surface area contributed by atoms with E-state index in [4.69, 9.17) is 17.3 Å². The zero-order chi connectivity index (χ0) is 13.2. The molecule has 0 radical (unpaired) electrons. The van der Waals surface area contributed by atoms with Crippen molar-refractivity contribution in [1.82, 2.24) is 0 Å². The Morgan fingerprint density at radius 2 is 2.06 bits per heavy atom. The molecule has 7 heteroatoms. The van der Waals surface area contributed by atoms with Gasteiger partial charge in [-0.05, 0) is 30.8 Å². The quantitative estimate of drug-likeness (QED) is 0.522. The summed E-state index contributed by atoms with van der Waals surface area (Å²) in [5.41, 5.74) is 1.60. The molecule has 1 rings (SSSR count). The lowest BCUT2D eigenvalue weighted by atomic mass is 10.1. The number of halogens is 4. The molecule has 1 unspecified atom stereocenters. The third kappa shape index (κ3) is 4.12. The molecule has 0 heterocycles. The minimum absolute atomic E-state index is 0.0360. The second-order valence-corrected chi connectivity index (χ2v) is 4.89. The minimum Gasteiger partial charge on any atom is -0.398 e. The summed E-state index contributed by atoms with van der Waals surface area (Å²) in [5.74, 6) is -0.311. The van der Waals surface area contributed by atoms with Gasteiger partial charge >= 0.3 is 5.51 Å². The Morgan fingerprint density at radius 1 is 1.47 bits per heavy atom. The average molecular weight is 284 g/mol. The third-order valence-corrected chi connectivity index (χ3v) is 3.19. The predicted octanol–water partition coefficient (Wildman–Crippen LogP) is 3.75. The lowest BCUT2D eigenvalue weighted by Crippen LogP contribution is -2.06. The molecule has 1 aromatic carbocycles. The van der Waals surface area contributed by atoms with Crippen LogP contribution in [0.1, 0.15) is 17.9 Å². The highest BCUT2D eigenvalue weighted by molar-refractivity contribution is 8.00. The van der Waals surface area contributed by atoms with Crippen LogP contribution >= 0.6 is 23.4 Å². The summed E-state index contributed by atoms with van der Waals surface area (Å²) in [6, 6.07) is 3.73. The van der Waals surface area contributed by atoms with Crippen LogP contribution in [-0.4, -0.2) is 11.3 Å². The average Bonchev–Trinajstić information content (AvgIpc) is 2.14. The van der Waals surface area contributed by atoms with Crippen molar-refractivity contribution < 1.29 is 18.0 Å². The smallest absolute Gasteiger partial charge is 0.398 e. The number of hydrogen-bond acceptors (Lipinski definition) is 3. The molecule has 0 aromatic heterocycles. The normalized spacial score (nSPS) is 13.5. The molecule has 0 aliphatic rings. The zero-order valence-corrected chi connectivity index (χ0v) is 10.3. The lowest BCUT2D eigenvalue weighted by molar-refractivity contribution is -0.116. The number of ketones is 1. The Morgan fingerprint density at radius 3 is 2.47 bits per heavy atom. The highest BCUT2D eigenvalue weighted by Crippen LogP contribution is 2.39. The molecular weight excluding hydrogens is 275 g/mol. The molecule has 0 saturated carbocycles. The third-order valence-electron chi connectivity index (χ3n) is 1.92. The van der Waals surface area contributed by atoms with Crippen molar-refractivity contribution in [2.75, 3.05) is 5.73 Å². The highest BCUT2D eigenvalue weighted by Gasteiger charge is 2.29. The lowest BCUT2D eigenvalue weighted by Gasteiger charge is -2.11. The molecule has 0 fully saturated rings. The van der Waals surface area contributed by atoms with Crippen molar-refractivity contribution in [3.63, 3.8) is 0 Å². The topological polar surface area (TPSA) is 43.1 Å². The summed E-state index contributed by atoms with van der Waals surface area (Å²) >= 11 is 5.51. The van der Waals surface area contributed by atoms with Gasteiger partial charge in [-0.3, -0.25) is 4.79 Å². The van der Waals surface area contributed by atoms with Gasteiger partial charge in [-0.2, -0.15) is 13.2 Å².